The van der Waals surface area contributed by atoms with Gasteiger partial charge in [0.25, 0.3) is 0 Å². The van der Waals surface area contributed by atoms with E-state index in [1.54, 1.807) is 0 Å². The van der Waals surface area contributed by atoms with Gasteiger partial charge in [-0.1, -0.05) is 12.1 Å². The van der Waals surface area contributed by atoms with E-state index in [0.29, 0.717) is 12.5 Å². The first-order valence-electron chi connectivity index (χ1n) is 6.86. The van der Waals surface area contributed by atoms with E-state index in [2.05, 4.69) is 4.72 Å². The minimum absolute atomic E-state index is 0.101. The van der Waals surface area contributed by atoms with Crippen LogP contribution in [0.25, 0.3) is 0 Å². The summed E-state index contributed by atoms with van der Waals surface area (Å²) in [6.07, 6.45) is 4.40. The molecule has 6 nitrogen and oxygen atoms in total. The maximum absolute atomic E-state index is 12.4. The zero-order valence-corrected chi connectivity index (χ0v) is 13.1. The molecule has 116 valence electrons. The quantitative estimate of drug-likeness (QED) is 0.804. The highest BCUT2D eigenvalue weighted by Crippen LogP contribution is 2.60. The Morgan fingerprint density at radius 3 is 2.14 bits per heavy atom. The summed E-state index contributed by atoms with van der Waals surface area (Å²) in [7, 11) is -7.96. The highest BCUT2D eigenvalue weighted by Gasteiger charge is 2.53. The molecule has 1 aromatic rings. The Balaban J connectivity index is 1.85. The zero-order chi connectivity index (χ0) is 15.3. The van der Waals surface area contributed by atoms with Gasteiger partial charge in [0, 0.05) is 6.54 Å². The lowest BCUT2D eigenvalue weighted by molar-refractivity contribution is 0.431. The Labute approximate surface area is 124 Å². The average molecular weight is 330 g/mol. The van der Waals surface area contributed by atoms with Gasteiger partial charge in [-0.05, 0) is 49.1 Å². The Morgan fingerprint density at radius 2 is 1.67 bits per heavy atom. The molecule has 2 aliphatic carbocycles. The predicted octanol–water partition coefficient (Wildman–Crippen LogP) is 0.802. The van der Waals surface area contributed by atoms with Gasteiger partial charge in [0.2, 0.25) is 20.0 Å². The van der Waals surface area contributed by atoms with Gasteiger partial charge < -0.3 is 0 Å². The molecule has 21 heavy (non-hydrogen) atoms. The fraction of sp³-hybridized carbons (Fsp3) is 0.538. The topological polar surface area (TPSA) is 106 Å². The summed E-state index contributed by atoms with van der Waals surface area (Å²) < 4.78 is 50.4. The van der Waals surface area contributed by atoms with Gasteiger partial charge in [-0.3, -0.25) is 0 Å². The van der Waals surface area contributed by atoms with Gasteiger partial charge in [0.15, 0.2) is 0 Å². The normalized spacial score (nSPS) is 21.2. The van der Waals surface area contributed by atoms with Gasteiger partial charge in [0.1, 0.15) is 9.79 Å². The molecule has 0 unspecified atom stereocenters. The molecule has 0 bridgehead atoms. The molecule has 0 radical (unpaired) electrons. The van der Waals surface area contributed by atoms with Crippen LogP contribution in [0.1, 0.15) is 25.7 Å². The predicted molar refractivity (Wildman–Crippen MR) is 77.4 cm³/mol. The summed E-state index contributed by atoms with van der Waals surface area (Å²) in [5, 5.41) is 5.09. The molecule has 2 fully saturated rings. The van der Waals surface area contributed by atoms with Crippen molar-refractivity contribution in [2.75, 3.05) is 6.54 Å². The molecule has 3 rings (SSSR count). The monoisotopic (exact) mass is 330 g/mol. The third kappa shape index (κ3) is 2.98. The lowest BCUT2D eigenvalue weighted by Gasteiger charge is -2.16. The van der Waals surface area contributed by atoms with Crippen molar-refractivity contribution in [1.29, 1.82) is 0 Å². The summed E-state index contributed by atoms with van der Waals surface area (Å²) >= 11 is 0. The number of benzene rings is 1. The first-order valence-corrected chi connectivity index (χ1v) is 9.89. The van der Waals surface area contributed by atoms with Gasteiger partial charge in [-0.25, -0.2) is 26.7 Å². The standard InChI is InChI=1S/C13H18N2O4S2/c14-20(16,17)11-3-1-2-4-12(11)21(18,19)15-9-13(7-8-13)10-5-6-10/h1-4,10,15H,5-9H2,(H2,14,16,17). The highest BCUT2D eigenvalue weighted by atomic mass is 32.2. The summed E-state index contributed by atoms with van der Waals surface area (Å²) in [4.78, 5) is -0.645. The lowest BCUT2D eigenvalue weighted by atomic mass is 10.0. The molecule has 0 aliphatic heterocycles. The minimum Gasteiger partial charge on any atom is -0.225 e. The molecular formula is C13H18N2O4S2. The van der Waals surface area contributed by atoms with Crippen LogP contribution in [0.5, 0.6) is 0 Å². The van der Waals surface area contributed by atoms with E-state index in [0.717, 1.165) is 25.7 Å². The Kier molecular flexibility index (Phi) is 3.40. The summed E-state index contributed by atoms with van der Waals surface area (Å²) in [6, 6.07) is 5.40. The molecule has 0 heterocycles. The summed E-state index contributed by atoms with van der Waals surface area (Å²) in [6.45, 7) is 0.374. The number of nitrogens with one attached hydrogen (secondary N) is 1. The van der Waals surface area contributed by atoms with Crippen molar-refractivity contribution in [1.82, 2.24) is 4.72 Å². The van der Waals surface area contributed by atoms with E-state index in [1.807, 2.05) is 0 Å². The van der Waals surface area contributed by atoms with Crippen molar-refractivity contribution in [2.45, 2.75) is 35.5 Å². The smallest absolute Gasteiger partial charge is 0.225 e. The molecule has 0 aromatic heterocycles. The fourth-order valence-electron chi connectivity index (χ4n) is 2.81. The van der Waals surface area contributed by atoms with Crippen molar-refractivity contribution in [3.63, 3.8) is 0 Å². The second kappa shape index (κ2) is 4.77. The van der Waals surface area contributed by atoms with Gasteiger partial charge in [-0.2, -0.15) is 0 Å². The molecule has 2 aliphatic rings. The van der Waals surface area contributed by atoms with Crippen LogP contribution in [0, 0.1) is 11.3 Å². The maximum Gasteiger partial charge on any atom is 0.241 e. The fourth-order valence-corrected chi connectivity index (χ4v) is 5.33. The molecule has 2 saturated carbocycles. The van der Waals surface area contributed by atoms with Crippen molar-refractivity contribution in [3.05, 3.63) is 24.3 Å². The molecule has 8 heteroatoms. The van der Waals surface area contributed by atoms with Crippen LogP contribution >= 0.6 is 0 Å². The SMILES string of the molecule is NS(=O)(=O)c1ccccc1S(=O)(=O)NCC1(C2CC2)CC1. The van der Waals surface area contributed by atoms with Crippen LogP contribution in [-0.4, -0.2) is 23.4 Å². The zero-order valence-electron chi connectivity index (χ0n) is 11.4. The van der Waals surface area contributed by atoms with Gasteiger partial charge in [-0.15, -0.1) is 0 Å². The maximum atomic E-state index is 12.4. The second-order valence-electron chi connectivity index (χ2n) is 5.95. The van der Waals surface area contributed by atoms with Crippen LogP contribution in [-0.2, 0) is 20.0 Å². The van der Waals surface area contributed by atoms with E-state index >= 15 is 0 Å². The third-order valence-electron chi connectivity index (χ3n) is 4.40. The third-order valence-corrected chi connectivity index (χ3v) is 6.95. The van der Waals surface area contributed by atoms with Crippen LogP contribution in [0.15, 0.2) is 34.1 Å². The Hall–Kier alpha value is -0.960. The number of hydrogen-bond donors (Lipinski definition) is 2. The lowest BCUT2D eigenvalue weighted by Crippen LogP contribution is -2.32. The molecular weight excluding hydrogens is 312 g/mol. The van der Waals surface area contributed by atoms with E-state index in [-0.39, 0.29) is 15.2 Å². The Morgan fingerprint density at radius 1 is 1.10 bits per heavy atom. The molecule has 0 atom stereocenters. The van der Waals surface area contributed by atoms with Crippen molar-refractivity contribution in [2.24, 2.45) is 16.5 Å². The molecule has 0 amide bonds. The number of sulfonamides is 2. The minimum atomic E-state index is -4.08. The van der Waals surface area contributed by atoms with Gasteiger partial charge >= 0.3 is 0 Å². The van der Waals surface area contributed by atoms with E-state index < -0.39 is 20.0 Å². The number of nitrogens with two attached hydrogens (primary N) is 1. The average Bonchev–Trinajstić information content (AvgIpc) is 3.26. The van der Waals surface area contributed by atoms with E-state index in [4.69, 9.17) is 5.14 Å². The summed E-state index contributed by atoms with van der Waals surface area (Å²) in [5.74, 6) is 0.619. The summed E-state index contributed by atoms with van der Waals surface area (Å²) in [5.41, 5.74) is 0.101. The van der Waals surface area contributed by atoms with Crippen LogP contribution in [0.4, 0.5) is 0 Å². The highest BCUT2D eigenvalue weighted by molar-refractivity contribution is 7.92. The van der Waals surface area contributed by atoms with Crippen molar-refractivity contribution in [3.8, 4) is 0 Å². The molecule has 1 aromatic carbocycles. The van der Waals surface area contributed by atoms with E-state index in [1.165, 1.54) is 24.3 Å². The largest absolute Gasteiger partial charge is 0.241 e. The van der Waals surface area contributed by atoms with Crippen LogP contribution < -0.4 is 9.86 Å². The number of hydrogen-bond acceptors (Lipinski definition) is 4. The number of rotatable bonds is 6. The van der Waals surface area contributed by atoms with Crippen LogP contribution in [0.2, 0.25) is 0 Å². The number of primary sulfonamides is 1. The van der Waals surface area contributed by atoms with Gasteiger partial charge in [0.05, 0.1) is 0 Å². The van der Waals surface area contributed by atoms with Crippen LogP contribution in [0.3, 0.4) is 0 Å². The van der Waals surface area contributed by atoms with Crippen molar-refractivity contribution < 1.29 is 16.8 Å². The second-order valence-corrected chi connectivity index (χ2v) is 9.22. The first-order chi connectivity index (χ1) is 9.75. The molecule has 3 N–H and O–H groups in total. The van der Waals surface area contributed by atoms with E-state index in [9.17, 15) is 16.8 Å². The first kappa shape index (κ1) is 15.0. The molecule has 0 saturated heterocycles. The molecule has 0 spiro atoms. The van der Waals surface area contributed by atoms with Crippen molar-refractivity contribution >= 4 is 20.0 Å². The Bertz CT molecular complexity index is 763.